The smallest absolute Gasteiger partial charge is 0.328 e. The molecule has 1 aromatic carbocycles. The average molecular weight is 269 g/mol. The lowest BCUT2D eigenvalue weighted by Gasteiger charge is -2.16. The molecule has 0 aliphatic heterocycles. The third kappa shape index (κ3) is 5.05. The lowest BCUT2D eigenvalue weighted by molar-refractivity contribution is -0.145. The maximum atomic E-state index is 12.8. The van der Waals surface area contributed by atoms with E-state index in [0.29, 0.717) is 0 Å². The minimum Gasteiger partial charge on any atom is -0.467 e. The first-order valence-corrected chi connectivity index (χ1v) is 5.67. The molecule has 0 radical (unpaired) electrons. The van der Waals surface area contributed by atoms with Gasteiger partial charge < -0.3 is 14.8 Å². The normalized spacial score (nSPS) is 11.7. The van der Waals surface area contributed by atoms with Crippen molar-refractivity contribution < 1.29 is 23.5 Å². The van der Waals surface area contributed by atoms with Gasteiger partial charge >= 0.3 is 5.97 Å². The Kier molecular flexibility index (Phi) is 5.95. The van der Waals surface area contributed by atoms with Crippen LogP contribution in [0.4, 0.5) is 4.39 Å². The van der Waals surface area contributed by atoms with E-state index < -0.39 is 17.9 Å². The van der Waals surface area contributed by atoms with Crippen molar-refractivity contribution in [3.8, 4) is 0 Å². The number of hydrogen-bond donors (Lipinski definition) is 1. The molecule has 1 rings (SSSR count). The third-order valence-electron chi connectivity index (χ3n) is 2.45. The van der Waals surface area contributed by atoms with Crippen LogP contribution in [-0.2, 0) is 25.5 Å². The summed E-state index contributed by atoms with van der Waals surface area (Å²) in [4.78, 5) is 23.0. The standard InChI is InChI=1S/C13H16FNO4/c1-18-8-12(16)15-11(13(17)19-2)7-9-3-5-10(14)6-4-9/h3-6,11H,7-8H2,1-2H3,(H,15,16)/t11-/m1/s1. The zero-order valence-corrected chi connectivity index (χ0v) is 10.8. The average Bonchev–Trinajstić information content (AvgIpc) is 2.40. The highest BCUT2D eigenvalue weighted by atomic mass is 19.1. The summed E-state index contributed by atoms with van der Waals surface area (Å²) in [5.74, 6) is -1.34. The van der Waals surface area contributed by atoms with Crippen LogP contribution in [0.25, 0.3) is 0 Å². The number of benzene rings is 1. The zero-order chi connectivity index (χ0) is 14.3. The van der Waals surface area contributed by atoms with Crippen molar-refractivity contribution in [1.29, 1.82) is 0 Å². The fraction of sp³-hybridized carbons (Fsp3) is 0.385. The van der Waals surface area contributed by atoms with Crippen LogP contribution in [0.3, 0.4) is 0 Å². The second-order valence-corrected chi connectivity index (χ2v) is 3.91. The van der Waals surface area contributed by atoms with Crippen LogP contribution in [0.2, 0.25) is 0 Å². The number of rotatable bonds is 6. The van der Waals surface area contributed by atoms with Crippen LogP contribution < -0.4 is 5.32 Å². The van der Waals surface area contributed by atoms with Gasteiger partial charge in [0.05, 0.1) is 7.11 Å². The van der Waals surface area contributed by atoms with Gasteiger partial charge in [-0.3, -0.25) is 4.79 Å². The van der Waals surface area contributed by atoms with Crippen LogP contribution in [0.1, 0.15) is 5.56 Å². The third-order valence-corrected chi connectivity index (χ3v) is 2.45. The Morgan fingerprint density at radius 2 is 1.89 bits per heavy atom. The van der Waals surface area contributed by atoms with E-state index in [-0.39, 0.29) is 18.8 Å². The zero-order valence-electron chi connectivity index (χ0n) is 10.8. The van der Waals surface area contributed by atoms with Gasteiger partial charge in [0, 0.05) is 13.5 Å². The van der Waals surface area contributed by atoms with Crippen molar-refractivity contribution in [3.63, 3.8) is 0 Å². The SMILES string of the molecule is COCC(=O)N[C@H](Cc1ccc(F)cc1)C(=O)OC. The Morgan fingerprint density at radius 1 is 1.26 bits per heavy atom. The molecule has 0 heterocycles. The topological polar surface area (TPSA) is 64.6 Å². The Balaban J connectivity index is 2.71. The van der Waals surface area contributed by atoms with Crippen molar-refractivity contribution in [2.45, 2.75) is 12.5 Å². The van der Waals surface area contributed by atoms with Gasteiger partial charge in [-0.25, -0.2) is 9.18 Å². The predicted octanol–water partition coefficient (Wildman–Crippen LogP) is 0.672. The second kappa shape index (κ2) is 7.48. The molecule has 1 aromatic rings. The van der Waals surface area contributed by atoms with Gasteiger partial charge in [-0.2, -0.15) is 0 Å². The molecule has 0 aliphatic carbocycles. The van der Waals surface area contributed by atoms with Gasteiger partial charge in [0.2, 0.25) is 5.91 Å². The first-order valence-electron chi connectivity index (χ1n) is 5.67. The van der Waals surface area contributed by atoms with Crippen LogP contribution in [0, 0.1) is 5.82 Å². The molecule has 1 amide bonds. The van der Waals surface area contributed by atoms with E-state index in [2.05, 4.69) is 14.8 Å². The Bertz CT molecular complexity index is 433. The van der Waals surface area contributed by atoms with E-state index in [4.69, 9.17) is 0 Å². The molecule has 6 heteroatoms. The number of esters is 1. The van der Waals surface area contributed by atoms with E-state index in [1.165, 1.54) is 26.4 Å². The molecule has 104 valence electrons. The monoisotopic (exact) mass is 269 g/mol. The number of carbonyl (C=O) groups is 2. The molecule has 0 aliphatic rings. The molecular formula is C13H16FNO4. The van der Waals surface area contributed by atoms with Crippen molar-refractivity contribution in [3.05, 3.63) is 35.6 Å². The highest BCUT2D eigenvalue weighted by molar-refractivity contribution is 5.85. The molecule has 0 spiro atoms. The molecular weight excluding hydrogens is 253 g/mol. The fourth-order valence-corrected chi connectivity index (χ4v) is 1.56. The highest BCUT2D eigenvalue weighted by Crippen LogP contribution is 2.07. The van der Waals surface area contributed by atoms with Crippen LogP contribution in [0.5, 0.6) is 0 Å². The van der Waals surface area contributed by atoms with E-state index in [9.17, 15) is 14.0 Å². The number of amides is 1. The summed E-state index contributed by atoms with van der Waals surface area (Å²) in [5, 5.41) is 2.50. The summed E-state index contributed by atoms with van der Waals surface area (Å²) in [6, 6.07) is 4.86. The molecule has 0 saturated heterocycles. The van der Waals surface area contributed by atoms with Gasteiger partial charge in [0.25, 0.3) is 0 Å². The minimum atomic E-state index is -0.821. The molecule has 0 unspecified atom stereocenters. The number of hydrogen-bond acceptors (Lipinski definition) is 4. The maximum absolute atomic E-state index is 12.8. The van der Waals surface area contributed by atoms with Crippen molar-refractivity contribution >= 4 is 11.9 Å². The molecule has 0 bridgehead atoms. The van der Waals surface area contributed by atoms with E-state index in [0.717, 1.165) is 5.56 Å². The van der Waals surface area contributed by atoms with Crippen LogP contribution in [-0.4, -0.2) is 38.7 Å². The van der Waals surface area contributed by atoms with Crippen molar-refractivity contribution in [1.82, 2.24) is 5.32 Å². The minimum absolute atomic E-state index is 0.142. The Labute approximate surface area is 110 Å². The highest BCUT2D eigenvalue weighted by Gasteiger charge is 2.21. The number of halogens is 1. The largest absolute Gasteiger partial charge is 0.467 e. The number of nitrogens with one attached hydrogen (secondary N) is 1. The van der Waals surface area contributed by atoms with E-state index in [1.807, 2.05) is 0 Å². The van der Waals surface area contributed by atoms with Crippen LogP contribution in [0.15, 0.2) is 24.3 Å². The predicted molar refractivity (Wildman–Crippen MR) is 65.9 cm³/mol. The number of carbonyl (C=O) groups excluding carboxylic acids is 2. The summed E-state index contributed by atoms with van der Waals surface area (Å²) in [6.45, 7) is -0.142. The second-order valence-electron chi connectivity index (χ2n) is 3.91. The first kappa shape index (κ1) is 15.1. The number of methoxy groups -OCH3 is 2. The lowest BCUT2D eigenvalue weighted by atomic mass is 10.1. The van der Waals surface area contributed by atoms with E-state index in [1.54, 1.807) is 12.1 Å². The number of ether oxygens (including phenoxy) is 2. The quantitative estimate of drug-likeness (QED) is 0.771. The summed E-state index contributed by atoms with van der Waals surface area (Å²) in [7, 11) is 2.62. The van der Waals surface area contributed by atoms with Gasteiger partial charge in [-0.1, -0.05) is 12.1 Å². The molecule has 0 fully saturated rings. The van der Waals surface area contributed by atoms with Crippen molar-refractivity contribution in [2.75, 3.05) is 20.8 Å². The van der Waals surface area contributed by atoms with Crippen molar-refractivity contribution in [2.24, 2.45) is 0 Å². The molecule has 1 N–H and O–H groups in total. The Hall–Kier alpha value is -1.95. The summed E-state index contributed by atoms with van der Waals surface area (Å²) in [6.07, 6.45) is 0.225. The van der Waals surface area contributed by atoms with Crippen LogP contribution >= 0.6 is 0 Å². The molecule has 0 aromatic heterocycles. The molecule has 5 nitrogen and oxygen atoms in total. The van der Waals surface area contributed by atoms with Gasteiger partial charge in [0.1, 0.15) is 18.5 Å². The fourth-order valence-electron chi connectivity index (χ4n) is 1.56. The van der Waals surface area contributed by atoms with Gasteiger partial charge in [-0.15, -0.1) is 0 Å². The lowest BCUT2D eigenvalue weighted by Crippen LogP contribution is -2.44. The Morgan fingerprint density at radius 3 is 2.42 bits per heavy atom. The molecule has 19 heavy (non-hydrogen) atoms. The van der Waals surface area contributed by atoms with E-state index >= 15 is 0 Å². The first-order chi connectivity index (χ1) is 9.06. The maximum Gasteiger partial charge on any atom is 0.328 e. The molecule has 0 saturated carbocycles. The summed E-state index contributed by atoms with van der Waals surface area (Å²) >= 11 is 0. The summed E-state index contributed by atoms with van der Waals surface area (Å²) in [5.41, 5.74) is 0.717. The summed E-state index contributed by atoms with van der Waals surface area (Å²) < 4.78 is 22.1. The van der Waals surface area contributed by atoms with Gasteiger partial charge in [0.15, 0.2) is 0 Å². The molecule has 1 atom stereocenters. The van der Waals surface area contributed by atoms with Gasteiger partial charge in [-0.05, 0) is 17.7 Å².